The molecule has 2 aromatic heterocycles. The molecule has 0 aliphatic heterocycles. The SMILES string of the molecule is CCCc1c(O)c(C(C)=O)cc(C(C)=O)c1NC(=O)c1sccc1S(=O)(=O)Nc1onc(C)c1Cl. The summed E-state index contributed by atoms with van der Waals surface area (Å²) in [4.78, 5) is 37.0. The van der Waals surface area contributed by atoms with Crippen molar-refractivity contribution in [3.63, 3.8) is 0 Å². The number of amides is 1. The second-order valence-corrected chi connectivity index (χ2v) is 10.6. The maximum Gasteiger partial charge on any atom is 0.267 e. The van der Waals surface area contributed by atoms with Gasteiger partial charge in [0.1, 0.15) is 26.2 Å². The van der Waals surface area contributed by atoms with E-state index in [4.69, 9.17) is 16.1 Å². The Bertz CT molecular complexity index is 1440. The number of benzene rings is 1. The van der Waals surface area contributed by atoms with Gasteiger partial charge in [-0.3, -0.25) is 14.4 Å². The number of hydrogen-bond donors (Lipinski definition) is 3. The summed E-state index contributed by atoms with van der Waals surface area (Å²) in [5, 5.41) is 18.2. The number of nitrogens with one attached hydrogen (secondary N) is 2. The molecule has 0 saturated carbocycles. The summed E-state index contributed by atoms with van der Waals surface area (Å²) in [7, 11) is -4.30. The van der Waals surface area contributed by atoms with E-state index >= 15 is 0 Å². The van der Waals surface area contributed by atoms with Crippen molar-refractivity contribution in [3.05, 3.63) is 49.8 Å². The average Bonchev–Trinajstić information content (AvgIpc) is 3.39. The van der Waals surface area contributed by atoms with Crippen LogP contribution in [0.2, 0.25) is 5.02 Å². The number of anilines is 2. The van der Waals surface area contributed by atoms with E-state index in [-0.39, 0.29) is 60.9 Å². The number of rotatable bonds is 9. The lowest BCUT2D eigenvalue weighted by Crippen LogP contribution is -2.20. The van der Waals surface area contributed by atoms with Crippen LogP contribution >= 0.6 is 22.9 Å². The number of aromatic nitrogens is 1. The van der Waals surface area contributed by atoms with Gasteiger partial charge in [0.15, 0.2) is 11.6 Å². The van der Waals surface area contributed by atoms with E-state index in [0.29, 0.717) is 6.42 Å². The molecule has 2 heterocycles. The van der Waals surface area contributed by atoms with Crippen LogP contribution < -0.4 is 10.0 Å². The zero-order valence-electron chi connectivity index (χ0n) is 19.2. The molecule has 0 aliphatic rings. The quantitative estimate of drug-likeness (QED) is 0.327. The molecule has 10 nitrogen and oxygen atoms in total. The van der Waals surface area contributed by atoms with Crippen LogP contribution in [0.4, 0.5) is 11.6 Å². The number of aryl methyl sites for hydroxylation is 1. The number of aromatic hydroxyl groups is 1. The van der Waals surface area contributed by atoms with E-state index in [1.54, 1.807) is 0 Å². The molecule has 35 heavy (non-hydrogen) atoms. The number of thiophene rings is 1. The van der Waals surface area contributed by atoms with Crippen molar-refractivity contribution in [1.29, 1.82) is 0 Å². The summed E-state index contributed by atoms with van der Waals surface area (Å²) in [5.41, 5.74) is 0.487. The Hall–Kier alpha value is -3.22. The standard InChI is InChI=1S/C22H22ClN3O7S2/c1-5-6-13-18(14(11(3)27)9-15(12(4)28)19(13)29)24-21(30)20-16(7-8-34-20)35(31,32)26-22-17(23)10(2)25-33-22/h7-9,26,29H,5-6H2,1-4H3,(H,24,30). The first-order valence-corrected chi connectivity index (χ1v) is 13.1. The first-order valence-electron chi connectivity index (χ1n) is 10.3. The van der Waals surface area contributed by atoms with Gasteiger partial charge in [-0.05, 0) is 44.7 Å². The molecule has 0 bridgehead atoms. The Kier molecular flexibility index (Phi) is 7.68. The number of Topliss-reactive ketones (excluding diaryl/α,β-unsaturated/α-hetero) is 2. The van der Waals surface area contributed by atoms with Gasteiger partial charge in [-0.15, -0.1) is 11.3 Å². The topological polar surface area (TPSA) is 156 Å². The van der Waals surface area contributed by atoms with Crippen molar-refractivity contribution in [2.45, 2.75) is 45.4 Å². The van der Waals surface area contributed by atoms with Gasteiger partial charge in [-0.25, -0.2) is 13.1 Å². The summed E-state index contributed by atoms with van der Waals surface area (Å²) in [6, 6.07) is 2.45. The summed E-state index contributed by atoms with van der Waals surface area (Å²) in [5.74, 6) is -2.35. The molecule has 3 rings (SSSR count). The first-order chi connectivity index (χ1) is 16.4. The lowest BCUT2D eigenvalue weighted by Gasteiger charge is -2.18. The summed E-state index contributed by atoms with van der Waals surface area (Å²) in [6.07, 6.45) is 0.790. The fourth-order valence-corrected chi connectivity index (χ4v) is 5.85. The zero-order chi connectivity index (χ0) is 26.1. The van der Waals surface area contributed by atoms with Gasteiger partial charge in [0.05, 0.1) is 11.3 Å². The Morgan fingerprint density at radius 1 is 1.20 bits per heavy atom. The highest BCUT2D eigenvalue weighted by Gasteiger charge is 2.29. The normalized spacial score (nSPS) is 11.3. The summed E-state index contributed by atoms with van der Waals surface area (Å²) < 4.78 is 33.0. The maximum atomic E-state index is 13.2. The van der Waals surface area contributed by atoms with Gasteiger partial charge in [0.2, 0.25) is 0 Å². The molecule has 0 saturated heterocycles. The summed E-state index contributed by atoms with van der Waals surface area (Å²) in [6.45, 7) is 5.87. The fraction of sp³-hybridized carbons (Fsp3) is 0.273. The van der Waals surface area contributed by atoms with E-state index in [0.717, 1.165) is 11.3 Å². The number of carbonyl (C=O) groups excluding carboxylic acids is 3. The third-order valence-electron chi connectivity index (χ3n) is 5.04. The Labute approximate surface area is 210 Å². The van der Waals surface area contributed by atoms with Crippen LogP contribution in [-0.4, -0.2) is 36.2 Å². The van der Waals surface area contributed by atoms with Crippen molar-refractivity contribution < 1.29 is 32.4 Å². The molecule has 3 N–H and O–H groups in total. The highest BCUT2D eigenvalue weighted by Crippen LogP contribution is 2.36. The van der Waals surface area contributed by atoms with E-state index in [1.807, 2.05) is 6.92 Å². The maximum absolute atomic E-state index is 13.2. The van der Waals surface area contributed by atoms with E-state index in [1.165, 1.54) is 38.3 Å². The Balaban J connectivity index is 2.05. The van der Waals surface area contributed by atoms with E-state index in [9.17, 15) is 27.9 Å². The van der Waals surface area contributed by atoms with Crippen LogP contribution in [0.1, 0.15) is 68.8 Å². The molecular weight excluding hydrogens is 518 g/mol. The number of phenols is 1. The van der Waals surface area contributed by atoms with Crippen LogP contribution in [0, 0.1) is 6.92 Å². The molecule has 186 valence electrons. The van der Waals surface area contributed by atoms with Gasteiger partial charge in [-0.1, -0.05) is 30.1 Å². The van der Waals surface area contributed by atoms with Crippen LogP contribution in [0.3, 0.4) is 0 Å². The molecule has 0 spiro atoms. The van der Waals surface area contributed by atoms with Gasteiger partial charge in [0.25, 0.3) is 21.8 Å². The highest BCUT2D eigenvalue weighted by atomic mass is 35.5. The van der Waals surface area contributed by atoms with Crippen LogP contribution in [0.25, 0.3) is 0 Å². The monoisotopic (exact) mass is 539 g/mol. The molecular formula is C22H22ClN3O7S2. The lowest BCUT2D eigenvalue weighted by atomic mass is 9.94. The predicted molar refractivity (Wildman–Crippen MR) is 131 cm³/mol. The molecule has 0 fully saturated rings. The average molecular weight is 540 g/mol. The number of sulfonamides is 1. The van der Waals surface area contributed by atoms with E-state index < -0.39 is 27.5 Å². The highest BCUT2D eigenvalue weighted by molar-refractivity contribution is 7.93. The van der Waals surface area contributed by atoms with Crippen molar-refractivity contribution in [2.75, 3.05) is 10.0 Å². The third-order valence-corrected chi connectivity index (χ3v) is 7.90. The fourth-order valence-electron chi connectivity index (χ4n) is 3.35. The number of ketones is 2. The molecule has 0 aliphatic carbocycles. The zero-order valence-corrected chi connectivity index (χ0v) is 21.6. The summed E-state index contributed by atoms with van der Waals surface area (Å²) >= 11 is 6.85. The molecule has 3 aromatic rings. The molecule has 0 atom stereocenters. The van der Waals surface area contributed by atoms with Crippen molar-refractivity contribution >= 4 is 62.0 Å². The van der Waals surface area contributed by atoms with Gasteiger partial charge < -0.3 is 14.9 Å². The van der Waals surface area contributed by atoms with Crippen LogP contribution in [0.5, 0.6) is 5.75 Å². The number of halogens is 1. The number of phenolic OH excluding ortho intramolecular Hbond substituents is 1. The lowest BCUT2D eigenvalue weighted by molar-refractivity contribution is 0.101. The number of carbonyl (C=O) groups is 3. The molecule has 0 unspecified atom stereocenters. The second kappa shape index (κ2) is 10.2. The third kappa shape index (κ3) is 5.24. The van der Waals surface area contributed by atoms with E-state index in [2.05, 4.69) is 15.2 Å². The molecule has 1 amide bonds. The minimum atomic E-state index is -4.30. The molecule has 13 heteroatoms. The van der Waals surface area contributed by atoms with Crippen molar-refractivity contribution in [2.24, 2.45) is 0 Å². The minimum absolute atomic E-state index is 0.0189. The smallest absolute Gasteiger partial charge is 0.267 e. The van der Waals surface area contributed by atoms with Crippen molar-refractivity contribution in [1.82, 2.24) is 5.16 Å². The number of nitrogens with zero attached hydrogens (tertiary/aromatic N) is 1. The first kappa shape index (κ1) is 26.4. The molecule has 1 aromatic carbocycles. The van der Waals surface area contributed by atoms with Gasteiger partial charge in [-0.2, -0.15) is 0 Å². The Morgan fingerprint density at radius 2 is 1.86 bits per heavy atom. The van der Waals surface area contributed by atoms with Crippen LogP contribution in [-0.2, 0) is 16.4 Å². The largest absolute Gasteiger partial charge is 0.507 e. The molecule has 0 radical (unpaired) electrons. The number of hydrogen-bond acceptors (Lipinski definition) is 9. The van der Waals surface area contributed by atoms with Crippen LogP contribution in [0.15, 0.2) is 26.9 Å². The van der Waals surface area contributed by atoms with Gasteiger partial charge in [0, 0.05) is 11.1 Å². The van der Waals surface area contributed by atoms with Crippen molar-refractivity contribution in [3.8, 4) is 5.75 Å². The Morgan fingerprint density at radius 3 is 2.40 bits per heavy atom. The minimum Gasteiger partial charge on any atom is -0.507 e. The predicted octanol–water partition coefficient (Wildman–Crippen LogP) is 4.81. The van der Waals surface area contributed by atoms with Gasteiger partial charge >= 0.3 is 0 Å². The second-order valence-electron chi connectivity index (χ2n) is 7.62.